The minimum absolute atomic E-state index is 0.162. The van der Waals surface area contributed by atoms with Gasteiger partial charge in [-0.25, -0.2) is 13.9 Å². The number of rotatable bonds is 4. The monoisotopic (exact) mass is 330 g/mol. The Morgan fingerprint density at radius 1 is 1.29 bits per heavy atom. The number of esters is 1. The van der Waals surface area contributed by atoms with Crippen LogP contribution in [0.5, 0.6) is 0 Å². The van der Waals surface area contributed by atoms with Gasteiger partial charge in [0.25, 0.3) is 0 Å². The smallest absolute Gasteiger partial charge is 0.335 e. The highest BCUT2D eigenvalue weighted by molar-refractivity contribution is 5.74. The van der Waals surface area contributed by atoms with E-state index in [0.717, 1.165) is 54.7 Å². The Morgan fingerprint density at radius 3 is 2.88 bits per heavy atom. The highest BCUT2D eigenvalue weighted by atomic mass is 19.1. The zero-order valence-corrected chi connectivity index (χ0v) is 13.3. The van der Waals surface area contributed by atoms with Crippen LogP contribution in [0.3, 0.4) is 0 Å². The van der Waals surface area contributed by atoms with Crippen molar-refractivity contribution in [2.45, 2.75) is 44.8 Å². The molecule has 0 N–H and O–H groups in total. The van der Waals surface area contributed by atoms with Crippen LogP contribution in [0.15, 0.2) is 24.3 Å². The molecule has 1 aromatic carbocycles. The Balaban J connectivity index is 1.54. The maximum absolute atomic E-state index is 13.1. The van der Waals surface area contributed by atoms with Crippen LogP contribution >= 0.6 is 0 Å². The van der Waals surface area contributed by atoms with E-state index in [-0.39, 0.29) is 18.4 Å². The number of carbonyl (C=O) groups excluding carboxylic acids is 1. The van der Waals surface area contributed by atoms with Crippen molar-refractivity contribution in [3.63, 3.8) is 0 Å². The number of benzene rings is 1. The van der Waals surface area contributed by atoms with Gasteiger partial charge in [0.1, 0.15) is 18.1 Å². The normalized spacial score (nSPS) is 19.5. The largest absolute Gasteiger partial charge is 0.457 e. The summed E-state index contributed by atoms with van der Waals surface area (Å²) in [5.41, 5.74) is 3.90. The molecule has 4 rings (SSSR count). The van der Waals surface area contributed by atoms with Crippen LogP contribution < -0.4 is 0 Å². The number of ether oxygens (including phenoxy) is 2. The van der Waals surface area contributed by atoms with E-state index in [1.54, 1.807) is 12.1 Å². The summed E-state index contributed by atoms with van der Waals surface area (Å²) < 4.78 is 25.7. The molecule has 2 heterocycles. The average Bonchev–Trinajstić information content (AvgIpc) is 3.31. The van der Waals surface area contributed by atoms with Gasteiger partial charge < -0.3 is 9.47 Å². The quantitative estimate of drug-likeness (QED) is 0.809. The predicted octanol–water partition coefficient (Wildman–Crippen LogP) is 2.72. The Morgan fingerprint density at radius 2 is 2.12 bits per heavy atom. The van der Waals surface area contributed by atoms with Gasteiger partial charge in [-0.3, -0.25) is 0 Å². The van der Waals surface area contributed by atoms with Gasteiger partial charge in [-0.05, 0) is 56.4 Å². The predicted molar refractivity (Wildman–Crippen MR) is 84.3 cm³/mol. The van der Waals surface area contributed by atoms with Crippen molar-refractivity contribution in [2.24, 2.45) is 0 Å². The molecule has 126 valence electrons. The molecule has 0 spiro atoms. The Kier molecular flexibility index (Phi) is 4.06. The number of nitrogens with zero attached hydrogens (tertiary/aromatic N) is 2. The third kappa shape index (κ3) is 2.82. The number of hydrogen-bond acceptors (Lipinski definition) is 4. The minimum atomic E-state index is -0.433. The molecule has 0 radical (unpaired) electrons. The SMILES string of the molecule is O=C(OCc1nn(-c2ccc(F)cc2)c2c1CCC2)C1CCCO1. The van der Waals surface area contributed by atoms with Gasteiger partial charge >= 0.3 is 5.97 Å². The zero-order chi connectivity index (χ0) is 16.5. The molecular formula is C18H19FN2O3. The van der Waals surface area contributed by atoms with Crippen molar-refractivity contribution >= 4 is 5.97 Å². The summed E-state index contributed by atoms with van der Waals surface area (Å²) in [5.74, 6) is -0.580. The van der Waals surface area contributed by atoms with Gasteiger partial charge in [0.05, 0.1) is 5.69 Å². The lowest BCUT2D eigenvalue weighted by Gasteiger charge is -2.09. The fourth-order valence-corrected chi connectivity index (χ4v) is 3.42. The molecule has 0 amide bonds. The van der Waals surface area contributed by atoms with Gasteiger partial charge in [0, 0.05) is 17.9 Å². The van der Waals surface area contributed by atoms with Gasteiger partial charge in [0.2, 0.25) is 0 Å². The first-order chi connectivity index (χ1) is 11.7. The van der Waals surface area contributed by atoms with Gasteiger partial charge in [-0.1, -0.05) is 0 Å². The molecule has 2 aliphatic rings. The maximum Gasteiger partial charge on any atom is 0.335 e. The number of fused-ring (bicyclic) bond motifs is 1. The van der Waals surface area contributed by atoms with E-state index >= 15 is 0 Å². The molecule has 1 aliphatic carbocycles. The molecular weight excluding hydrogens is 311 g/mol. The van der Waals surface area contributed by atoms with Crippen molar-refractivity contribution in [3.8, 4) is 5.69 Å². The zero-order valence-electron chi connectivity index (χ0n) is 13.3. The number of aromatic nitrogens is 2. The Hall–Kier alpha value is -2.21. The van der Waals surface area contributed by atoms with Gasteiger partial charge in [-0.2, -0.15) is 5.10 Å². The number of hydrogen-bond donors (Lipinski definition) is 0. The van der Waals surface area contributed by atoms with Crippen LogP contribution in [-0.2, 0) is 33.7 Å². The molecule has 1 aliphatic heterocycles. The topological polar surface area (TPSA) is 53.3 Å². The van der Waals surface area contributed by atoms with Crippen LogP contribution in [0, 0.1) is 5.82 Å². The molecule has 2 aromatic rings. The summed E-state index contributed by atoms with van der Waals surface area (Å²) in [6, 6.07) is 6.27. The number of carbonyl (C=O) groups is 1. The second kappa shape index (κ2) is 6.36. The van der Waals surface area contributed by atoms with Crippen LogP contribution in [0.2, 0.25) is 0 Å². The van der Waals surface area contributed by atoms with Gasteiger partial charge in [-0.15, -0.1) is 0 Å². The van der Waals surface area contributed by atoms with E-state index in [9.17, 15) is 9.18 Å². The summed E-state index contributed by atoms with van der Waals surface area (Å²) >= 11 is 0. The fourth-order valence-electron chi connectivity index (χ4n) is 3.42. The highest BCUT2D eigenvalue weighted by Gasteiger charge is 2.27. The summed E-state index contributed by atoms with van der Waals surface area (Å²) in [6.07, 6.45) is 4.11. The van der Waals surface area contributed by atoms with Crippen molar-refractivity contribution in [1.82, 2.24) is 9.78 Å². The molecule has 5 nitrogen and oxygen atoms in total. The van der Waals surface area contributed by atoms with E-state index in [4.69, 9.17) is 9.47 Å². The van der Waals surface area contributed by atoms with E-state index < -0.39 is 6.10 Å². The molecule has 1 fully saturated rings. The third-order valence-electron chi connectivity index (χ3n) is 4.63. The summed E-state index contributed by atoms with van der Waals surface area (Å²) in [4.78, 5) is 12.0. The summed E-state index contributed by atoms with van der Waals surface area (Å²) in [6.45, 7) is 0.781. The van der Waals surface area contributed by atoms with Crippen LogP contribution in [0.25, 0.3) is 5.69 Å². The standard InChI is InChI=1S/C18H19FN2O3/c19-12-6-8-13(9-7-12)21-16-4-1-3-14(16)15(20-21)11-24-18(22)17-5-2-10-23-17/h6-9,17H,1-5,10-11H2. The van der Waals surface area contributed by atoms with Crippen LogP contribution in [0.1, 0.15) is 36.2 Å². The lowest BCUT2D eigenvalue weighted by molar-refractivity contribution is -0.155. The molecule has 1 unspecified atom stereocenters. The maximum atomic E-state index is 13.1. The first-order valence-electron chi connectivity index (χ1n) is 8.36. The summed E-state index contributed by atoms with van der Waals surface area (Å²) in [5, 5.41) is 4.61. The molecule has 0 saturated carbocycles. The second-order valence-electron chi connectivity index (χ2n) is 6.22. The summed E-state index contributed by atoms with van der Waals surface area (Å²) in [7, 11) is 0. The lowest BCUT2D eigenvalue weighted by atomic mass is 10.2. The molecule has 6 heteroatoms. The molecule has 0 bridgehead atoms. The second-order valence-corrected chi connectivity index (χ2v) is 6.22. The fraction of sp³-hybridized carbons (Fsp3) is 0.444. The minimum Gasteiger partial charge on any atom is -0.457 e. The van der Waals surface area contributed by atoms with Crippen LogP contribution in [-0.4, -0.2) is 28.5 Å². The van der Waals surface area contributed by atoms with Crippen molar-refractivity contribution in [1.29, 1.82) is 0 Å². The third-order valence-corrected chi connectivity index (χ3v) is 4.63. The number of halogens is 1. The molecule has 1 saturated heterocycles. The van der Waals surface area contributed by atoms with E-state index in [2.05, 4.69) is 5.10 Å². The lowest BCUT2D eigenvalue weighted by Crippen LogP contribution is -2.22. The molecule has 1 aromatic heterocycles. The Bertz CT molecular complexity index is 748. The van der Waals surface area contributed by atoms with Crippen molar-refractivity contribution in [2.75, 3.05) is 6.61 Å². The first kappa shape index (κ1) is 15.3. The Labute approximate surface area is 139 Å². The molecule has 1 atom stereocenters. The van der Waals surface area contributed by atoms with Crippen molar-refractivity contribution < 1.29 is 18.7 Å². The first-order valence-corrected chi connectivity index (χ1v) is 8.36. The molecule has 24 heavy (non-hydrogen) atoms. The van der Waals surface area contributed by atoms with Crippen LogP contribution in [0.4, 0.5) is 4.39 Å². The highest BCUT2D eigenvalue weighted by Crippen LogP contribution is 2.28. The van der Waals surface area contributed by atoms with Crippen molar-refractivity contribution in [3.05, 3.63) is 47.0 Å². The van der Waals surface area contributed by atoms with E-state index in [1.165, 1.54) is 12.1 Å². The average molecular weight is 330 g/mol. The van der Waals surface area contributed by atoms with E-state index in [0.29, 0.717) is 6.61 Å². The van der Waals surface area contributed by atoms with Gasteiger partial charge in [0.15, 0.2) is 6.10 Å². The van der Waals surface area contributed by atoms with E-state index in [1.807, 2.05) is 4.68 Å².